The minimum atomic E-state index is -0.429. The first-order chi connectivity index (χ1) is 20.5. The predicted octanol–water partition coefficient (Wildman–Crippen LogP) is 9.06. The zero-order valence-corrected chi connectivity index (χ0v) is 24.8. The van der Waals surface area contributed by atoms with E-state index < -0.39 is 10.8 Å². The molecule has 2 heteroatoms. The van der Waals surface area contributed by atoms with Crippen LogP contribution in [0.1, 0.15) is 47.2 Å². The summed E-state index contributed by atoms with van der Waals surface area (Å²) < 4.78 is 0. The molecule has 0 bridgehead atoms. The molecule has 0 spiro atoms. The molecule has 2 aliphatic rings. The van der Waals surface area contributed by atoms with Crippen molar-refractivity contribution in [3.8, 4) is 0 Å². The average molecular weight is 545 g/mol. The lowest BCUT2D eigenvalue weighted by molar-refractivity contribution is 0.717. The SMILES string of the molecule is CC1=CC(c2ccccc2)(c2ccccc2)c2ccc3c(c2N1C)N(C)C(C)=CC3(c1ccccc1)c1ccccc1. The van der Waals surface area contributed by atoms with Crippen molar-refractivity contribution in [3.63, 3.8) is 0 Å². The third kappa shape index (κ3) is 3.65. The van der Waals surface area contributed by atoms with Gasteiger partial charge >= 0.3 is 0 Å². The highest BCUT2D eigenvalue weighted by atomic mass is 15.2. The molecule has 0 atom stereocenters. The first-order valence-corrected chi connectivity index (χ1v) is 14.7. The van der Waals surface area contributed by atoms with Gasteiger partial charge in [0, 0.05) is 25.5 Å². The summed E-state index contributed by atoms with van der Waals surface area (Å²) in [5, 5.41) is 0. The van der Waals surface area contributed by atoms with Crippen LogP contribution in [-0.2, 0) is 10.8 Å². The molecule has 5 aromatic carbocycles. The summed E-state index contributed by atoms with van der Waals surface area (Å²) in [5.74, 6) is 0. The van der Waals surface area contributed by atoms with E-state index in [1.165, 1.54) is 56.1 Å². The van der Waals surface area contributed by atoms with Crippen molar-refractivity contribution in [1.82, 2.24) is 0 Å². The molecule has 206 valence electrons. The zero-order chi connectivity index (χ0) is 28.9. The van der Waals surface area contributed by atoms with Crippen molar-refractivity contribution in [2.24, 2.45) is 0 Å². The van der Waals surface area contributed by atoms with Crippen LogP contribution < -0.4 is 9.80 Å². The van der Waals surface area contributed by atoms with Crippen molar-refractivity contribution in [2.75, 3.05) is 23.9 Å². The second kappa shape index (κ2) is 9.92. The van der Waals surface area contributed by atoms with E-state index in [4.69, 9.17) is 0 Å². The smallest absolute Gasteiger partial charge is 0.0698 e. The zero-order valence-electron chi connectivity index (χ0n) is 24.8. The van der Waals surface area contributed by atoms with Crippen LogP contribution in [0.25, 0.3) is 0 Å². The summed E-state index contributed by atoms with van der Waals surface area (Å²) in [6.07, 6.45) is 4.92. The summed E-state index contributed by atoms with van der Waals surface area (Å²) in [4.78, 5) is 4.79. The molecule has 0 aromatic heterocycles. The molecule has 0 saturated heterocycles. The molecule has 2 aliphatic heterocycles. The number of hydrogen-bond donors (Lipinski definition) is 0. The maximum absolute atomic E-state index is 2.46. The first-order valence-electron chi connectivity index (χ1n) is 14.7. The number of rotatable bonds is 4. The largest absolute Gasteiger partial charge is 0.347 e. The van der Waals surface area contributed by atoms with Gasteiger partial charge in [0.2, 0.25) is 0 Å². The fourth-order valence-electron chi connectivity index (χ4n) is 7.32. The highest BCUT2D eigenvalue weighted by molar-refractivity contribution is 5.89. The molecule has 42 heavy (non-hydrogen) atoms. The normalized spacial score (nSPS) is 16.7. The molecule has 2 nitrogen and oxygen atoms in total. The summed E-state index contributed by atoms with van der Waals surface area (Å²) >= 11 is 0. The van der Waals surface area contributed by atoms with E-state index in [9.17, 15) is 0 Å². The standard InChI is InChI=1S/C40H36N2/c1-29-27-39(31-17-9-5-10-18-31,32-19-11-6-12-20-32)35-25-26-36-38(37(35)41(29)3)42(4)30(2)28-40(36,33-21-13-7-14-22-33)34-23-15-8-16-24-34/h5-28H,1-4H3. The number of fused-ring (bicyclic) bond motifs is 3. The molecule has 0 N–H and O–H groups in total. The second-order valence-electron chi connectivity index (χ2n) is 11.6. The predicted molar refractivity (Wildman–Crippen MR) is 176 cm³/mol. The van der Waals surface area contributed by atoms with Crippen LogP contribution in [0.5, 0.6) is 0 Å². The number of benzene rings is 5. The van der Waals surface area contributed by atoms with Crippen LogP contribution in [0.2, 0.25) is 0 Å². The third-order valence-electron chi connectivity index (χ3n) is 9.50. The van der Waals surface area contributed by atoms with Gasteiger partial charge in [-0.05, 0) is 59.4 Å². The van der Waals surface area contributed by atoms with Gasteiger partial charge in [0.1, 0.15) is 0 Å². The van der Waals surface area contributed by atoms with Crippen molar-refractivity contribution in [3.05, 3.63) is 190 Å². The van der Waals surface area contributed by atoms with E-state index in [0.717, 1.165) is 0 Å². The fraction of sp³-hybridized carbons (Fsp3) is 0.150. The Kier molecular flexibility index (Phi) is 6.17. The minimum Gasteiger partial charge on any atom is -0.347 e. The van der Waals surface area contributed by atoms with E-state index in [1.807, 2.05) is 0 Å². The van der Waals surface area contributed by atoms with Crippen LogP contribution in [0.15, 0.2) is 157 Å². The highest BCUT2D eigenvalue weighted by Crippen LogP contribution is 2.57. The molecule has 0 amide bonds. The molecular weight excluding hydrogens is 508 g/mol. The van der Waals surface area contributed by atoms with E-state index in [0.29, 0.717) is 0 Å². The monoisotopic (exact) mass is 544 g/mol. The lowest BCUT2D eigenvalue weighted by atomic mass is 9.63. The van der Waals surface area contributed by atoms with Gasteiger partial charge in [-0.2, -0.15) is 0 Å². The van der Waals surface area contributed by atoms with Crippen LogP contribution in [0.4, 0.5) is 11.4 Å². The van der Waals surface area contributed by atoms with Crippen molar-refractivity contribution in [1.29, 1.82) is 0 Å². The molecule has 2 heterocycles. The van der Waals surface area contributed by atoms with Gasteiger partial charge in [0.15, 0.2) is 0 Å². The fourth-order valence-corrected chi connectivity index (χ4v) is 7.32. The van der Waals surface area contributed by atoms with Gasteiger partial charge in [-0.25, -0.2) is 0 Å². The topological polar surface area (TPSA) is 6.48 Å². The quantitative estimate of drug-likeness (QED) is 0.223. The van der Waals surface area contributed by atoms with Crippen LogP contribution in [-0.4, -0.2) is 14.1 Å². The Labute approximate surface area is 249 Å². The van der Waals surface area contributed by atoms with Crippen LogP contribution in [0, 0.1) is 0 Å². The van der Waals surface area contributed by atoms with Crippen LogP contribution in [0.3, 0.4) is 0 Å². The van der Waals surface area contributed by atoms with E-state index in [1.54, 1.807) is 0 Å². The number of allylic oxidation sites excluding steroid dienone is 4. The first kappa shape index (κ1) is 26.1. The lowest BCUT2D eigenvalue weighted by Crippen LogP contribution is -2.40. The Bertz CT molecular complexity index is 1590. The van der Waals surface area contributed by atoms with Crippen molar-refractivity contribution in [2.45, 2.75) is 24.7 Å². The van der Waals surface area contributed by atoms with Crippen molar-refractivity contribution < 1.29 is 0 Å². The second-order valence-corrected chi connectivity index (χ2v) is 11.6. The van der Waals surface area contributed by atoms with Gasteiger partial charge in [-0.3, -0.25) is 0 Å². The molecular formula is C40H36N2. The molecule has 0 unspecified atom stereocenters. The summed E-state index contributed by atoms with van der Waals surface area (Å²) in [5.41, 5.74) is 11.8. The van der Waals surface area contributed by atoms with Gasteiger partial charge in [0.25, 0.3) is 0 Å². The van der Waals surface area contributed by atoms with Gasteiger partial charge in [0.05, 0.1) is 22.2 Å². The summed E-state index contributed by atoms with van der Waals surface area (Å²) in [7, 11) is 4.44. The van der Waals surface area contributed by atoms with Crippen molar-refractivity contribution >= 4 is 11.4 Å². The van der Waals surface area contributed by atoms with Crippen LogP contribution >= 0.6 is 0 Å². The maximum atomic E-state index is 2.46. The average Bonchev–Trinajstić information content (AvgIpc) is 3.05. The van der Waals surface area contributed by atoms with Gasteiger partial charge < -0.3 is 9.80 Å². The summed E-state index contributed by atoms with van der Waals surface area (Å²) in [6.45, 7) is 4.49. The van der Waals surface area contributed by atoms with Gasteiger partial charge in [-0.15, -0.1) is 0 Å². The minimum absolute atomic E-state index is 0.429. The highest BCUT2D eigenvalue weighted by Gasteiger charge is 2.46. The van der Waals surface area contributed by atoms with E-state index >= 15 is 0 Å². The summed E-state index contributed by atoms with van der Waals surface area (Å²) in [6, 6.07) is 48.7. The molecule has 0 radical (unpaired) electrons. The lowest BCUT2D eigenvalue weighted by Gasteiger charge is -2.48. The Morgan fingerprint density at radius 2 is 0.643 bits per heavy atom. The molecule has 0 fully saturated rings. The molecule has 0 saturated carbocycles. The Hall–Kier alpha value is -4.82. The number of nitrogens with zero attached hydrogens (tertiary/aromatic N) is 2. The van der Waals surface area contributed by atoms with E-state index in [2.05, 4.69) is 183 Å². The Morgan fingerprint density at radius 3 is 0.905 bits per heavy atom. The Balaban J connectivity index is 1.62. The molecule has 0 aliphatic carbocycles. The maximum Gasteiger partial charge on any atom is 0.0698 e. The molecule has 7 rings (SSSR count). The van der Waals surface area contributed by atoms with E-state index in [-0.39, 0.29) is 0 Å². The molecule has 5 aromatic rings. The number of hydrogen-bond acceptors (Lipinski definition) is 2. The Morgan fingerprint density at radius 1 is 0.381 bits per heavy atom. The number of anilines is 2. The van der Waals surface area contributed by atoms with Gasteiger partial charge in [-0.1, -0.05) is 133 Å². The third-order valence-corrected chi connectivity index (χ3v) is 9.50.